The number of nitrogens with zero attached hydrogens (tertiary/aromatic N) is 3. The van der Waals surface area contributed by atoms with Crippen molar-refractivity contribution in [3.8, 4) is 11.3 Å². The summed E-state index contributed by atoms with van der Waals surface area (Å²) >= 11 is 11.9. The van der Waals surface area contributed by atoms with E-state index in [4.69, 9.17) is 23.2 Å². The Kier molecular flexibility index (Phi) is 4.36. The average Bonchev–Trinajstić information content (AvgIpc) is 3.17. The zero-order valence-corrected chi connectivity index (χ0v) is 13.7. The summed E-state index contributed by atoms with van der Waals surface area (Å²) in [5.74, 6) is -0.243. The zero-order valence-electron chi connectivity index (χ0n) is 12.2. The molecule has 0 radical (unpaired) electrons. The van der Waals surface area contributed by atoms with Gasteiger partial charge in [-0.1, -0.05) is 29.3 Å². The molecule has 0 saturated heterocycles. The molecule has 0 unspecified atom stereocenters. The third-order valence-electron chi connectivity index (χ3n) is 3.25. The normalized spacial score (nSPS) is 10.7. The standard InChI is InChI=1S/C15H13Cl2N5O/c1-22-8-9(7-19-22)6-18-15(23)14-5-13(20-21-14)10-2-3-11(16)12(17)4-10/h2-5,7-8H,6H2,1H3,(H,18,23)(H,20,21). The van der Waals surface area contributed by atoms with E-state index in [1.807, 2.05) is 13.2 Å². The first kappa shape index (κ1) is 15.6. The first-order valence-electron chi connectivity index (χ1n) is 6.79. The Hall–Kier alpha value is -2.31. The summed E-state index contributed by atoms with van der Waals surface area (Å²) in [5, 5.41) is 14.6. The van der Waals surface area contributed by atoms with Crippen molar-refractivity contribution in [2.45, 2.75) is 6.54 Å². The Labute approximate surface area is 142 Å². The third-order valence-corrected chi connectivity index (χ3v) is 3.99. The number of hydrogen-bond donors (Lipinski definition) is 2. The molecule has 2 aromatic heterocycles. The van der Waals surface area contributed by atoms with Crippen LogP contribution in [0.1, 0.15) is 16.1 Å². The van der Waals surface area contributed by atoms with Crippen molar-refractivity contribution in [1.82, 2.24) is 25.3 Å². The van der Waals surface area contributed by atoms with Crippen molar-refractivity contribution < 1.29 is 4.79 Å². The Balaban J connectivity index is 1.70. The third kappa shape index (κ3) is 3.55. The molecule has 2 heterocycles. The topological polar surface area (TPSA) is 75.6 Å². The highest BCUT2D eigenvalue weighted by atomic mass is 35.5. The molecule has 1 amide bonds. The number of H-pyrrole nitrogens is 1. The van der Waals surface area contributed by atoms with Crippen LogP contribution in [0.2, 0.25) is 10.0 Å². The van der Waals surface area contributed by atoms with Crippen LogP contribution in [0, 0.1) is 0 Å². The van der Waals surface area contributed by atoms with E-state index < -0.39 is 0 Å². The Bertz CT molecular complexity index is 855. The lowest BCUT2D eigenvalue weighted by Crippen LogP contribution is -2.22. The van der Waals surface area contributed by atoms with Gasteiger partial charge in [0.1, 0.15) is 5.69 Å². The van der Waals surface area contributed by atoms with Crippen molar-refractivity contribution in [1.29, 1.82) is 0 Å². The molecule has 0 aliphatic heterocycles. The second-order valence-corrected chi connectivity index (χ2v) is 5.82. The molecular formula is C15H13Cl2N5O. The van der Waals surface area contributed by atoms with E-state index >= 15 is 0 Å². The van der Waals surface area contributed by atoms with E-state index in [-0.39, 0.29) is 5.91 Å². The fourth-order valence-corrected chi connectivity index (χ4v) is 2.38. The number of carbonyl (C=O) groups excluding carboxylic acids is 1. The number of rotatable bonds is 4. The molecule has 23 heavy (non-hydrogen) atoms. The summed E-state index contributed by atoms with van der Waals surface area (Å²) in [6.07, 6.45) is 3.54. The van der Waals surface area contributed by atoms with Crippen LogP contribution in [0.5, 0.6) is 0 Å². The highest BCUT2D eigenvalue weighted by Gasteiger charge is 2.12. The number of amides is 1. The first-order chi connectivity index (χ1) is 11.0. The summed E-state index contributed by atoms with van der Waals surface area (Å²) in [4.78, 5) is 12.1. The van der Waals surface area contributed by atoms with Crippen molar-refractivity contribution in [2.24, 2.45) is 7.05 Å². The van der Waals surface area contributed by atoms with Gasteiger partial charge in [0, 0.05) is 30.9 Å². The molecule has 8 heteroatoms. The highest BCUT2D eigenvalue weighted by Crippen LogP contribution is 2.27. The second kappa shape index (κ2) is 6.44. The van der Waals surface area contributed by atoms with E-state index in [1.165, 1.54) is 0 Å². The van der Waals surface area contributed by atoms with Gasteiger partial charge in [-0.05, 0) is 18.2 Å². The Morgan fingerprint density at radius 1 is 1.30 bits per heavy atom. The molecule has 0 fully saturated rings. The summed E-state index contributed by atoms with van der Waals surface area (Å²) < 4.78 is 1.68. The second-order valence-electron chi connectivity index (χ2n) is 5.00. The minimum atomic E-state index is -0.243. The Morgan fingerprint density at radius 3 is 2.83 bits per heavy atom. The van der Waals surface area contributed by atoms with E-state index in [9.17, 15) is 4.79 Å². The van der Waals surface area contributed by atoms with Crippen LogP contribution in [0.15, 0.2) is 36.7 Å². The molecule has 3 aromatic rings. The van der Waals surface area contributed by atoms with Crippen LogP contribution in [-0.4, -0.2) is 25.9 Å². The van der Waals surface area contributed by atoms with Crippen molar-refractivity contribution in [3.63, 3.8) is 0 Å². The largest absolute Gasteiger partial charge is 0.347 e. The van der Waals surface area contributed by atoms with Crippen LogP contribution < -0.4 is 5.32 Å². The summed E-state index contributed by atoms with van der Waals surface area (Å²) in [6.45, 7) is 0.397. The molecule has 0 bridgehead atoms. The van der Waals surface area contributed by atoms with Crippen LogP contribution in [0.25, 0.3) is 11.3 Å². The van der Waals surface area contributed by atoms with E-state index in [0.29, 0.717) is 28.0 Å². The van der Waals surface area contributed by atoms with Gasteiger partial charge in [0.2, 0.25) is 0 Å². The van der Waals surface area contributed by atoms with Gasteiger partial charge in [0.25, 0.3) is 5.91 Å². The van der Waals surface area contributed by atoms with Crippen LogP contribution in [0.4, 0.5) is 0 Å². The van der Waals surface area contributed by atoms with Crippen LogP contribution in [0.3, 0.4) is 0 Å². The first-order valence-corrected chi connectivity index (χ1v) is 7.55. The minimum absolute atomic E-state index is 0.243. The lowest BCUT2D eigenvalue weighted by molar-refractivity contribution is 0.0946. The lowest BCUT2D eigenvalue weighted by atomic mass is 10.1. The quantitative estimate of drug-likeness (QED) is 0.759. The summed E-state index contributed by atoms with van der Waals surface area (Å²) in [7, 11) is 1.82. The number of hydrogen-bond acceptors (Lipinski definition) is 3. The maximum Gasteiger partial charge on any atom is 0.269 e. The lowest BCUT2D eigenvalue weighted by Gasteiger charge is -2.00. The van der Waals surface area contributed by atoms with Crippen LogP contribution in [-0.2, 0) is 13.6 Å². The van der Waals surface area contributed by atoms with Gasteiger partial charge >= 0.3 is 0 Å². The van der Waals surface area contributed by atoms with Gasteiger partial charge in [-0.25, -0.2) is 0 Å². The molecule has 118 valence electrons. The zero-order chi connectivity index (χ0) is 16.4. The number of aromatic amines is 1. The van der Waals surface area contributed by atoms with Crippen molar-refractivity contribution in [3.05, 3.63) is 58.0 Å². The molecule has 1 aromatic carbocycles. The molecule has 6 nitrogen and oxygen atoms in total. The molecule has 0 saturated carbocycles. The molecular weight excluding hydrogens is 337 g/mol. The maximum absolute atomic E-state index is 12.1. The highest BCUT2D eigenvalue weighted by molar-refractivity contribution is 6.42. The van der Waals surface area contributed by atoms with E-state index in [1.54, 1.807) is 35.1 Å². The molecule has 0 spiro atoms. The van der Waals surface area contributed by atoms with Gasteiger partial charge in [-0.2, -0.15) is 10.2 Å². The number of carbonyl (C=O) groups is 1. The molecule has 0 aliphatic carbocycles. The molecule has 3 rings (SSSR count). The number of aromatic nitrogens is 4. The minimum Gasteiger partial charge on any atom is -0.347 e. The number of aryl methyl sites for hydroxylation is 1. The smallest absolute Gasteiger partial charge is 0.269 e. The number of nitrogens with one attached hydrogen (secondary N) is 2. The number of halogens is 2. The van der Waals surface area contributed by atoms with E-state index in [2.05, 4.69) is 20.6 Å². The predicted molar refractivity (Wildman–Crippen MR) is 88.4 cm³/mol. The van der Waals surface area contributed by atoms with Crippen molar-refractivity contribution >= 4 is 29.1 Å². The fraction of sp³-hybridized carbons (Fsp3) is 0.133. The van der Waals surface area contributed by atoms with Gasteiger partial charge in [0.15, 0.2) is 0 Å². The number of benzene rings is 1. The maximum atomic E-state index is 12.1. The fourth-order valence-electron chi connectivity index (χ4n) is 2.08. The molecule has 0 aliphatic rings. The monoisotopic (exact) mass is 349 g/mol. The van der Waals surface area contributed by atoms with Gasteiger partial charge < -0.3 is 5.32 Å². The average molecular weight is 350 g/mol. The molecule has 0 atom stereocenters. The van der Waals surface area contributed by atoms with Gasteiger partial charge in [-0.3, -0.25) is 14.6 Å². The molecule has 2 N–H and O–H groups in total. The van der Waals surface area contributed by atoms with Crippen molar-refractivity contribution in [2.75, 3.05) is 0 Å². The summed E-state index contributed by atoms with van der Waals surface area (Å²) in [5.41, 5.74) is 2.69. The van der Waals surface area contributed by atoms with Gasteiger partial charge in [-0.15, -0.1) is 0 Å². The predicted octanol–water partition coefficient (Wildman–Crippen LogP) is 3.05. The van der Waals surface area contributed by atoms with Gasteiger partial charge in [0.05, 0.1) is 21.9 Å². The Morgan fingerprint density at radius 2 is 2.13 bits per heavy atom. The summed E-state index contributed by atoms with van der Waals surface area (Å²) in [6, 6.07) is 6.85. The van der Waals surface area contributed by atoms with Crippen LogP contribution >= 0.6 is 23.2 Å². The van der Waals surface area contributed by atoms with E-state index in [0.717, 1.165) is 11.1 Å². The SMILES string of the molecule is Cn1cc(CNC(=O)c2cc(-c3ccc(Cl)c(Cl)c3)n[nH]2)cn1.